The quantitative estimate of drug-likeness (QED) is 0.282. The molecule has 1 saturated carbocycles. The summed E-state index contributed by atoms with van der Waals surface area (Å²) in [5.74, 6) is -9.78. The van der Waals surface area contributed by atoms with Crippen molar-refractivity contribution in [1.82, 2.24) is 4.90 Å². The molecular formula is C26H26N2O9. The number of aromatic hydroxyl groups is 1. The number of fused-ring (bicyclic) bond motifs is 3. The predicted molar refractivity (Wildman–Crippen MR) is 127 cm³/mol. The first-order chi connectivity index (χ1) is 17.3. The van der Waals surface area contributed by atoms with E-state index in [1.165, 1.54) is 37.2 Å². The number of nitrogens with zero attached hydrogens (tertiary/aromatic N) is 1. The highest BCUT2D eigenvalue weighted by molar-refractivity contribution is 6.25. The van der Waals surface area contributed by atoms with Crippen LogP contribution in [0.25, 0.3) is 5.57 Å². The number of hydrogen-bond acceptors (Lipinski definition) is 10. The lowest BCUT2D eigenvalue weighted by Gasteiger charge is -2.53. The van der Waals surface area contributed by atoms with Crippen LogP contribution >= 0.6 is 0 Å². The summed E-state index contributed by atoms with van der Waals surface area (Å²) in [6, 6.07) is 2.94. The molecule has 0 saturated heterocycles. The summed E-state index contributed by atoms with van der Waals surface area (Å²) in [5, 5.41) is 44.8. The summed E-state index contributed by atoms with van der Waals surface area (Å²) in [4.78, 5) is 53.7. The summed E-state index contributed by atoms with van der Waals surface area (Å²) in [5.41, 5.74) is 1.17. The van der Waals surface area contributed by atoms with Gasteiger partial charge in [0.15, 0.2) is 11.4 Å². The average molecular weight is 510 g/mol. The number of phenolic OH excluding ortho intramolecular Hbond substituents is 1. The highest BCUT2D eigenvalue weighted by Crippen LogP contribution is 2.56. The molecule has 0 aliphatic heterocycles. The van der Waals surface area contributed by atoms with Gasteiger partial charge in [-0.3, -0.25) is 24.1 Å². The number of phenols is 1. The Hall–Kier alpha value is -3.96. The van der Waals surface area contributed by atoms with Crippen molar-refractivity contribution in [2.75, 3.05) is 14.1 Å². The minimum atomic E-state index is -2.97. The Balaban J connectivity index is 1.84. The lowest BCUT2D eigenvalue weighted by Crippen LogP contribution is -2.68. The fourth-order valence-electron chi connectivity index (χ4n) is 5.88. The van der Waals surface area contributed by atoms with Gasteiger partial charge in [-0.15, -0.1) is 0 Å². The van der Waals surface area contributed by atoms with Crippen molar-refractivity contribution in [1.29, 1.82) is 0 Å². The number of primary amides is 1. The van der Waals surface area contributed by atoms with Crippen LogP contribution in [0.4, 0.5) is 0 Å². The number of esters is 1. The van der Waals surface area contributed by atoms with Crippen LogP contribution in [0.1, 0.15) is 28.8 Å². The van der Waals surface area contributed by atoms with Gasteiger partial charge in [0, 0.05) is 0 Å². The number of carbonyl (C=O) groups excluding carboxylic acids is 4. The molecule has 4 aliphatic rings. The number of nitrogens with two attached hydrogens (primary N) is 1. The van der Waals surface area contributed by atoms with E-state index >= 15 is 0 Å². The van der Waals surface area contributed by atoms with Crippen LogP contribution in [0, 0.1) is 17.8 Å². The number of ether oxygens (including phenoxy) is 1. The zero-order valence-corrected chi connectivity index (χ0v) is 20.1. The van der Waals surface area contributed by atoms with Gasteiger partial charge in [-0.05, 0) is 44.1 Å². The third-order valence-electron chi connectivity index (χ3n) is 7.74. The Morgan fingerprint density at radius 2 is 1.81 bits per heavy atom. The smallest absolute Gasteiger partial charge is 0.309 e. The molecule has 0 aromatic heterocycles. The second kappa shape index (κ2) is 8.02. The maximum atomic E-state index is 13.7. The minimum Gasteiger partial charge on any atom is -0.510 e. The van der Waals surface area contributed by atoms with Crippen LogP contribution < -0.4 is 5.73 Å². The van der Waals surface area contributed by atoms with E-state index in [1.54, 1.807) is 0 Å². The van der Waals surface area contributed by atoms with Crippen LogP contribution in [0.15, 0.2) is 47.4 Å². The molecule has 0 spiro atoms. The molecule has 6 N–H and O–H groups in total. The van der Waals surface area contributed by atoms with E-state index < -0.39 is 87.4 Å². The molecule has 0 heterocycles. The second-order valence-corrected chi connectivity index (χ2v) is 10.1. The van der Waals surface area contributed by atoms with Crippen LogP contribution in [-0.2, 0) is 19.1 Å². The van der Waals surface area contributed by atoms with Crippen molar-refractivity contribution >= 4 is 29.0 Å². The number of carbonyl (C=O) groups is 4. The van der Waals surface area contributed by atoms with Gasteiger partial charge < -0.3 is 30.9 Å². The molecule has 0 bridgehead atoms. The molecule has 194 valence electrons. The lowest BCUT2D eigenvalue weighted by molar-refractivity contribution is -0.178. The molecule has 5 rings (SSSR count). The number of amides is 1. The first-order valence-electron chi connectivity index (χ1n) is 11.7. The van der Waals surface area contributed by atoms with Gasteiger partial charge in [0.25, 0.3) is 5.91 Å². The molecule has 11 nitrogen and oxygen atoms in total. The van der Waals surface area contributed by atoms with E-state index in [-0.39, 0.29) is 16.7 Å². The number of rotatable bonds is 4. The second-order valence-electron chi connectivity index (χ2n) is 10.1. The SMILES string of the molecule is C=C1c2cccc(O)c2C(=O)C2=C(O)[C@]3(O)C(=O)C(C(N)=O)=C(O)[C@@H](N(C)C)[C@@H]3[C@H](OC(=O)C3CC3)[C@H]12. The monoisotopic (exact) mass is 510 g/mol. The van der Waals surface area contributed by atoms with Crippen LogP contribution in [0.3, 0.4) is 0 Å². The maximum Gasteiger partial charge on any atom is 0.309 e. The van der Waals surface area contributed by atoms with Crippen molar-refractivity contribution in [3.8, 4) is 5.75 Å². The number of ketones is 2. The molecule has 1 aromatic rings. The van der Waals surface area contributed by atoms with Crippen molar-refractivity contribution in [2.24, 2.45) is 23.5 Å². The summed E-state index contributed by atoms with van der Waals surface area (Å²) >= 11 is 0. The van der Waals surface area contributed by atoms with E-state index in [1.807, 2.05) is 0 Å². The maximum absolute atomic E-state index is 13.7. The molecule has 1 amide bonds. The van der Waals surface area contributed by atoms with E-state index in [9.17, 15) is 39.6 Å². The Labute approximate surface area is 211 Å². The predicted octanol–water partition coefficient (Wildman–Crippen LogP) is 0.523. The molecule has 1 aromatic carbocycles. The number of likely N-dealkylation sites (N-methyl/N-ethyl adjacent to an activating group) is 1. The van der Waals surface area contributed by atoms with Gasteiger partial charge in [0.1, 0.15) is 28.9 Å². The van der Waals surface area contributed by atoms with E-state index in [2.05, 4.69) is 6.58 Å². The zero-order chi connectivity index (χ0) is 27.1. The van der Waals surface area contributed by atoms with Crippen LogP contribution in [0.5, 0.6) is 5.75 Å². The summed E-state index contributed by atoms with van der Waals surface area (Å²) in [6.07, 6.45) is -0.324. The number of hydrogen-bond donors (Lipinski definition) is 5. The van der Waals surface area contributed by atoms with Crippen molar-refractivity contribution in [3.63, 3.8) is 0 Å². The molecule has 5 atom stereocenters. The van der Waals surface area contributed by atoms with Gasteiger partial charge in [0.05, 0.1) is 34.9 Å². The number of benzene rings is 1. The summed E-state index contributed by atoms with van der Waals surface area (Å²) in [6.45, 7) is 4.05. The summed E-state index contributed by atoms with van der Waals surface area (Å²) < 4.78 is 5.86. The largest absolute Gasteiger partial charge is 0.510 e. The Morgan fingerprint density at radius 1 is 1.16 bits per heavy atom. The lowest BCUT2D eigenvalue weighted by atomic mass is 9.56. The van der Waals surface area contributed by atoms with Gasteiger partial charge in [0.2, 0.25) is 5.78 Å². The van der Waals surface area contributed by atoms with Gasteiger partial charge >= 0.3 is 5.97 Å². The number of aliphatic hydroxyl groups excluding tert-OH is 2. The highest BCUT2D eigenvalue weighted by atomic mass is 16.5. The molecule has 37 heavy (non-hydrogen) atoms. The standard InChI is InChI=1S/C26H26N2O9/c1-9-11-5-4-6-12(29)14(11)19(30)15-13(9)21(37-25(35)10-7-8-10)17-18(28(2)3)20(31)16(24(27)34)23(33)26(17,36)22(15)32/h4-6,10,13,17-18,21,29,31-32,36H,1,7-8H2,2-3H3,(H2,27,34)/t13-,17-,18+,21-,26+/m1/s1. The van der Waals surface area contributed by atoms with Crippen molar-refractivity contribution in [3.05, 3.63) is 58.6 Å². The molecule has 0 unspecified atom stereocenters. The molecular weight excluding hydrogens is 484 g/mol. The summed E-state index contributed by atoms with van der Waals surface area (Å²) in [7, 11) is 2.97. The molecule has 1 fully saturated rings. The van der Waals surface area contributed by atoms with Gasteiger partial charge in [-0.2, -0.15) is 0 Å². The number of Topliss-reactive ketones (excluding diaryl/α,β-unsaturated/α-hetero) is 2. The highest BCUT2D eigenvalue weighted by Gasteiger charge is 2.68. The van der Waals surface area contributed by atoms with E-state index in [0.29, 0.717) is 12.8 Å². The zero-order valence-electron chi connectivity index (χ0n) is 20.1. The normalized spacial score (nSPS) is 31.2. The Bertz CT molecular complexity index is 1370. The Morgan fingerprint density at radius 3 is 2.38 bits per heavy atom. The van der Waals surface area contributed by atoms with Gasteiger partial charge in [-0.1, -0.05) is 18.7 Å². The topological polar surface area (TPSA) is 188 Å². The Kier molecular flexibility index (Phi) is 5.36. The van der Waals surface area contributed by atoms with Gasteiger partial charge in [-0.25, -0.2) is 0 Å². The molecule has 11 heteroatoms. The average Bonchev–Trinajstić information content (AvgIpc) is 3.66. The van der Waals surface area contributed by atoms with Crippen LogP contribution in [-0.4, -0.2) is 80.6 Å². The molecule has 4 aliphatic carbocycles. The van der Waals surface area contributed by atoms with Crippen molar-refractivity contribution < 1.29 is 44.3 Å². The minimum absolute atomic E-state index is 0.191. The first-order valence-corrected chi connectivity index (χ1v) is 11.7. The fourth-order valence-corrected chi connectivity index (χ4v) is 5.88. The van der Waals surface area contributed by atoms with E-state index in [4.69, 9.17) is 10.5 Å². The van der Waals surface area contributed by atoms with Crippen molar-refractivity contribution in [2.45, 2.75) is 30.6 Å². The third kappa shape index (κ3) is 3.20. The fraction of sp³-hybridized carbons (Fsp3) is 0.385. The third-order valence-corrected chi connectivity index (χ3v) is 7.74. The van der Waals surface area contributed by atoms with E-state index in [0.717, 1.165) is 0 Å². The van der Waals surface area contributed by atoms with Crippen LogP contribution in [0.2, 0.25) is 0 Å². The molecule has 0 radical (unpaired) electrons. The number of aliphatic hydroxyl groups is 3. The first kappa shape index (κ1) is 24.7.